The van der Waals surface area contributed by atoms with Crippen LogP contribution in [-0.2, 0) is 11.8 Å². The fourth-order valence-corrected chi connectivity index (χ4v) is 2.17. The van der Waals surface area contributed by atoms with Crippen LogP contribution in [0.4, 0.5) is 0 Å². The van der Waals surface area contributed by atoms with Gasteiger partial charge in [0, 0.05) is 31.9 Å². The molecule has 1 aliphatic rings. The molecule has 0 radical (unpaired) electrons. The molecular formula is C11H19N3O. The minimum Gasteiger partial charge on any atom is -0.377 e. The Morgan fingerprint density at radius 2 is 2.47 bits per heavy atom. The number of rotatable bonds is 3. The molecule has 1 aromatic rings. The monoisotopic (exact) mass is 209 g/mol. The van der Waals surface area contributed by atoms with Crippen LogP contribution in [0.25, 0.3) is 0 Å². The number of hydrogen-bond acceptors (Lipinski definition) is 3. The summed E-state index contributed by atoms with van der Waals surface area (Å²) in [7, 11) is 1.97. The fourth-order valence-electron chi connectivity index (χ4n) is 2.17. The number of aromatic nitrogens is 2. The second-order valence-electron chi connectivity index (χ2n) is 4.24. The molecule has 3 atom stereocenters. The highest BCUT2D eigenvalue weighted by atomic mass is 16.5. The maximum atomic E-state index is 5.53. The average molecular weight is 209 g/mol. The van der Waals surface area contributed by atoms with Crippen molar-refractivity contribution >= 4 is 0 Å². The lowest BCUT2D eigenvalue weighted by atomic mass is 10.1. The van der Waals surface area contributed by atoms with Crippen molar-refractivity contribution in [2.24, 2.45) is 7.05 Å². The quantitative estimate of drug-likeness (QED) is 0.814. The second kappa shape index (κ2) is 4.33. The Bertz CT molecular complexity index is 323. The van der Waals surface area contributed by atoms with Gasteiger partial charge in [0.2, 0.25) is 0 Å². The summed E-state index contributed by atoms with van der Waals surface area (Å²) in [5.74, 6) is 0. The molecule has 2 heterocycles. The number of nitrogens with one attached hydrogen (secondary N) is 1. The maximum Gasteiger partial charge on any atom is 0.0700 e. The highest BCUT2D eigenvalue weighted by molar-refractivity contribution is 5.06. The van der Waals surface area contributed by atoms with Gasteiger partial charge in [-0.2, -0.15) is 5.10 Å². The molecule has 0 spiro atoms. The summed E-state index contributed by atoms with van der Waals surface area (Å²) in [5, 5.41) is 7.76. The molecule has 0 aliphatic carbocycles. The Kier molecular flexibility index (Phi) is 3.07. The molecule has 4 nitrogen and oxygen atoms in total. The molecular weight excluding hydrogens is 190 g/mol. The predicted molar refractivity (Wildman–Crippen MR) is 58.6 cm³/mol. The van der Waals surface area contributed by atoms with Gasteiger partial charge in [-0.05, 0) is 26.3 Å². The van der Waals surface area contributed by atoms with Crippen molar-refractivity contribution in [3.63, 3.8) is 0 Å². The van der Waals surface area contributed by atoms with Gasteiger partial charge >= 0.3 is 0 Å². The third-order valence-electron chi connectivity index (χ3n) is 3.14. The van der Waals surface area contributed by atoms with Crippen LogP contribution in [0.15, 0.2) is 12.3 Å². The van der Waals surface area contributed by atoms with Crippen molar-refractivity contribution < 1.29 is 4.74 Å². The van der Waals surface area contributed by atoms with E-state index in [1.54, 1.807) is 0 Å². The zero-order chi connectivity index (χ0) is 10.8. The summed E-state index contributed by atoms with van der Waals surface area (Å²) in [5.41, 5.74) is 1.22. The third-order valence-corrected chi connectivity index (χ3v) is 3.14. The van der Waals surface area contributed by atoms with Crippen LogP contribution >= 0.6 is 0 Å². The van der Waals surface area contributed by atoms with Crippen molar-refractivity contribution in [2.45, 2.75) is 38.5 Å². The van der Waals surface area contributed by atoms with Gasteiger partial charge in [-0.15, -0.1) is 0 Å². The van der Waals surface area contributed by atoms with E-state index in [1.165, 1.54) is 5.69 Å². The first-order valence-corrected chi connectivity index (χ1v) is 5.54. The van der Waals surface area contributed by atoms with E-state index in [4.69, 9.17) is 4.74 Å². The zero-order valence-electron chi connectivity index (χ0n) is 9.60. The summed E-state index contributed by atoms with van der Waals surface area (Å²) in [4.78, 5) is 0. The lowest BCUT2D eigenvalue weighted by Crippen LogP contribution is -2.37. The van der Waals surface area contributed by atoms with Crippen molar-refractivity contribution in [1.82, 2.24) is 15.1 Å². The first-order chi connectivity index (χ1) is 7.18. The highest BCUT2D eigenvalue weighted by Crippen LogP contribution is 2.18. The Hall–Kier alpha value is -0.870. The van der Waals surface area contributed by atoms with Crippen molar-refractivity contribution in [1.29, 1.82) is 0 Å². The Morgan fingerprint density at radius 1 is 1.67 bits per heavy atom. The molecule has 0 saturated carbocycles. The molecule has 1 fully saturated rings. The maximum absolute atomic E-state index is 5.53. The first-order valence-electron chi connectivity index (χ1n) is 5.54. The Labute approximate surface area is 90.6 Å². The van der Waals surface area contributed by atoms with E-state index in [1.807, 2.05) is 17.9 Å². The van der Waals surface area contributed by atoms with E-state index in [2.05, 4.69) is 30.3 Å². The van der Waals surface area contributed by atoms with Crippen LogP contribution in [0, 0.1) is 0 Å². The lowest BCUT2D eigenvalue weighted by Gasteiger charge is -2.21. The third kappa shape index (κ3) is 2.21. The molecule has 2 rings (SSSR count). The van der Waals surface area contributed by atoms with Crippen molar-refractivity contribution in [3.8, 4) is 0 Å². The van der Waals surface area contributed by atoms with Crippen molar-refractivity contribution in [2.75, 3.05) is 6.61 Å². The van der Waals surface area contributed by atoms with Crippen LogP contribution in [0.5, 0.6) is 0 Å². The van der Waals surface area contributed by atoms with Crippen molar-refractivity contribution in [3.05, 3.63) is 18.0 Å². The summed E-state index contributed by atoms with van der Waals surface area (Å²) in [6.07, 6.45) is 3.26. The molecule has 84 valence electrons. The van der Waals surface area contributed by atoms with Gasteiger partial charge < -0.3 is 10.1 Å². The zero-order valence-corrected chi connectivity index (χ0v) is 9.60. The minimum absolute atomic E-state index is 0.320. The van der Waals surface area contributed by atoms with Crippen LogP contribution < -0.4 is 5.32 Å². The number of ether oxygens (including phenoxy) is 1. The van der Waals surface area contributed by atoms with Gasteiger partial charge in [0.25, 0.3) is 0 Å². The van der Waals surface area contributed by atoms with Crippen LogP contribution in [0.1, 0.15) is 32.0 Å². The molecule has 3 unspecified atom stereocenters. The van der Waals surface area contributed by atoms with Gasteiger partial charge in [-0.1, -0.05) is 0 Å². The Morgan fingerprint density at radius 3 is 3.00 bits per heavy atom. The largest absolute Gasteiger partial charge is 0.377 e. The topological polar surface area (TPSA) is 39.1 Å². The van der Waals surface area contributed by atoms with Crippen LogP contribution in [0.3, 0.4) is 0 Å². The van der Waals surface area contributed by atoms with Crippen LogP contribution in [-0.4, -0.2) is 28.5 Å². The summed E-state index contributed by atoms with van der Waals surface area (Å²) in [6, 6.07) is 2.85. The molecule has 0 amide bonds. The standard InChI is InChI=1S/C11H19N3O/c1-8(11-4-6-12-14(11)3)13-10-5-7-15-9(10)2/h4,6,8-10,13H,5,7H2,1-3H3. The molecule has 0 aromatic carbocycles. The van der Waals surface area contributed by atoms with Crippen LogP contribution in [0.2, 0.25) is 0 Å². The lowest BCUT2D eigenvalue weighted by molar-refractivity contribution is 0.111. The second-order valence-corrected chi connectivity index (χ2v) is 4.24. The number of nitrogens with zero attached hydrogens (tertiary/aromatic N) is 2. The normalized spacial score (nSPS) is 28.2. The van der Waals surface area contributed by atoms with Gasteiger partial charge in [0.05, 0.1) is 11.8 Å². The summed E-state index contributed by atoms with van der Waals surface area (Å²) in [6.45, 7) is 5.17. The van der Waals surface area contributed by atoms with Gasteiger partial charge in [0.15, 0.2) is 0 Å². The molecule has 1 aromatic heterocycles. The van der Waals surface area contributed by atoms with E-state index < -0.39 is 0 Å². The molecule has 4 heteroatoms. The summed E-state index contributed by atoms with van der Waals surface area (Å²) < 4.78 is 7.44. The smallest absolute Gasteiger partial charge is 0.0700 e. The molecule has 1 saturated heterocycles. The molecule has 0 bridgehead atoms. The van der Waals surface area contributed by atoms with Gasteiger partial charge in [0.1, 0.15) is 0 Å². The molecule has 1 aliphatic heterocycles. The predicted octanol–water partition coefficient (Wildman–Crippen LogP) is 1.25. The fraction of sp³-hybridized carbons (Fsp3) is 0.727. The Balaban J connectivity index is 1.97. The van der Waals surface area contributed by atoms with E-state index in [-0.39, 0.29) is 0 Å². The van der Waals surface area contributed by atoms with E-state index in [9.17, 15) is 0 Å². The highest BCUT2D eigenvalue weighted by Gasteiger charge is 2.26. The van der Waals surface area contributed by atoms with Gasteiger partial charge in [-0.25, -0.2) is 0 Å². The molecule has 15 heavy (non-hydrogen) atoms. The number of aryl methyl sites for hydroxylation is 1. The van der Waals surface area contributed by atoms with E-state index in [0.717, 1.165) is 13.0 Å². The number of hydrogen-bond donors (Lipinski definition) is 1. The first kappa shape index (κ1) is 10.6. The summed E-state index contributed by atoms with van der Waals surface area (Å²) >= 11 is 0. The SMILES string of the molecule is CC(NC1CCOC1C)c1ccnn1C. The van der Waals surface area contributed by atoms with E-state index in [0.29, 0.717) is 18.2 Å². The average Bonchev–Trinajstić information content (AvgIpc) is 2.76. The van der Waals surface area contributed by atoms with E-state index >= 15 is 0 Å². The molecule has 1 N–H and O–H groups in total. The van der Waals surface area contributed by atoms with Gasteiger partial charge in [-0.3, -0.25) is 4.68 Å². The minimum atomic E-state index is 0.320.